The van der Waals surface area contributed by atoms with Gasteiger partial charge in [-0.25, -0.2) is 8.42 Å². The number of anilines is 1. The number of nitrogens with one attached hydrogen (secondary N) is 1. The molecule has 1 unspecified atom stereocenters. The summed E-state index contributed by atoms with van der Waals surface area (Å²) in [6, 6.07) is 17.4. The molecule has 31 heavy (non-hydrogen) atoms. The summed E-state index contributed by atoms with van der Waals surface area (Å²) in [6.07, 6.45) is 6.53. The van der Waals surface area contributed by atoms with E-state index in [4.69, 9.17) is 0 Å². The number of nitrogens with zero attached hydrogens (tertiary/aromatic N) is 1. The molecule has 2 fully saturated rings. The summed E-state index contributed by atoms with van der Waals surface area (Å²) in [4.78, 5) is 15.2. The van der Waals surface area contributed by atoms with Gasteiger partial charge < -0.3 is 5.32 Å². The lowest BCUT2D eigenvalue weighted by atomic mass is 10.0. The molecule has 6 heteroatoms. The normalized spacial score (nSPS) is 20.6. The molecule has 1 aliphatic heterocycles. The third kappa shape index (κ3) is 5.74. The number of carbonyl (C=O) groups is 1. The molecule has 1 saturated heterocycles. The van der Waals surface area contributed by atoms with Crippen molar-refractivity contribution in [2.45, 2.75) is 68.5 Å². The lowest BCUT2D eigenvalue weighted by molar-refractivity contribution is -0.120. The van der Waals surface area contributed by atoms with Gasteiger partial charge in [-0.2, -0.15) is 0 Å². The van der Waals surface area contributed by atoms with E-state index in [0.29, 0.717) is 5.69 Å². The molecule has 2 aromatic carbocycles. The van der Waals surface area contributed by atoms with Crippen molar-refractivity contribution in [2.24, 2.45) is 0 Å². The highest BCUT2D eigenvalue weighted by atomic mass is 32.2. The Hall–Kier alpha value is -2.18. The van der Waals surface area contributed by atoms with Gasteiger partial charge in [0.15, 0.2) is 9.84 Å². The van der Waals surface area contributed by atoms with Gasteiger partial charge in [0.25, 0.3) is 0 Å². The van der Waals surface area contributed by atoms with Crippen molar-refractivity contribution in [3.63, 3.8) is 0 Å². The molecule has 1 heterocycles. The molecule has 166 valence electrons. The van der Waals surface area contributed by atoms with Crippen molar-refractivity contribution in [2.75, 3.05) is 11.9 Å². The number of sulfone groups is 1. The second kappa shape index (κ2) is 9.96. The SMILES string of the molecule is O=C(Nc1cccc(CS(=O)(=O)C2CCCCC2)c1)C1CCCN1Cc1ccccc1. The maximum atomic E-state index is 13.0. The molecule has 1 saturated carbocycles. The van der Waals surface area contributed by atoms with Crippen LogP contribution in [0.5, 0.6) is 0 Å². The zero-order chi connectivity index (χ0) is 21.7. The average molecular weight is 441 g/mol. The number of amides is 1. The fourth-order valence-corrected chi connectivity index (χ4v) is 6.80. The van der Waals surface area contributed by atoms with E-state index >= 15 is 0 Å². The van der Waals surface area contributed by atoms with Crippen molar-refractivity contribution >= 4 is 21.4 Å². The molecule has 2 aromatic rings. The molecule has 0 bridgehead atoms. The summed E-state index contributed by atoms with van der Waals surface area (Å²) in [5, 5.41) is 2.81. The summed E-state index contributed by atoms with van der Waals surface area (Å²) >= 11 is 0. The number of likely N-dealkylation sites (tertiary alicyclic amines) is 1. The Bertz CT molecular complexity index is 985. The smallest absolute Gasteiger partial charge is 0.241 e. The highest BCUT2D eigenvalue weighted by Gasteiger charge is 2.31. The summed E-state index contributed by atoms with van der Waals surface area (Å²) in [6.45, 7) is 1.67. The summed E-state index contributed by atoms with van der Waals surface area (Å²) in [7, 11) is -3.16. The minimum atomic E-state index is -3.16. The maximum Gasteiger partial charge on any atom is 0.241 e. The van der Waals surface area contributed by atoms with Crippen LogP contribution in [0.15, 0.2) is 54.6 Å². The number of carbonyl (C=O) groups excluding carboxylic acids is 1. The van der Waals surface area contributed by atoms with E-state index in [0.717, 1.165) is 63.6 Å². The van der Waals surface area contributed by atoms with Gasteiger partial charge in [-0.15, -0.1) is 0 Å². The highest BCUT2D eigenvalue weighted by Crippen LogP contribution is 2.27. The number of hydrogen-bond acceptors (Lipinski definition) is 4. The Balaban J connectivity index is 1.39. The maximum absolute atomic E-state index is 13.0. The van der Waals surface area contributed by atoms with Gasteiger partial charge in [-0.3, -0.25) is 9.69 Å². The van der Waals surface area contributed by atoms with Crippen molar-refractivity contribution in [1.29, 1.82) is 0 Å². The fraction of sp³-hybridized carbons (Fsp3) is 0.480. The first kappa shape index (κ1) is 22.0. The van der Waals surface area contributed by atoms with Crippen LogP contribution < -0.4 is 5.32 Å². The van der Waals surface area contributed by atoms with E-state index in [1.54, 1.807) is 0 Å². The third-order valence-electron chi connectivity index (χ3n) is 6.52. The molecule has 5 nitrogen and oxygen atoms in total. The molecular formula is C25H32N2O3S. The first-order valence-electron chi connectivity index (χ1n) is 11.4. The molecule has 2 aliphatic rings. The monoisotopic (exact) mass is 440 g/mol. The van der Waals surface area contributed by atoms with E-state index in [9.17, 15) is 13.2 Å². The minimum Gasteiger partial charge on any atom is -0.325 e. The van der Waals surface area contributed by atoms with E-state index < -0.39 is 9.84 Å². The predicted octanol–water partition coefficient (Wildman–Crippen LogP) is 4.54. The second-order valence-corrected chi connectivity index (χ2v) is 11.2. The van der Waals surface area contributed by atoms with E-state index in [1.165, 1.54) is 5.56 Å². The average Bonchev–Trinajstić information content (AvgIpc) is 3.23. The van der Waals surface area contributed by atoms with E-state index in [-0.39, 0.29) is 23.0 Å². The van der Waals surface area contributed by atoms with Gasteiger partial charge in [0.1, 0.15) is 0 Å². The topological polar surface area (TPSA) is 66.5 Å². The third-order valence-corrected chi connectivity index (χ3v) is 8.74. The van der Waals surface area contributed by atoms with Crippen LogP contribution in [0.4, 0.5) is 5.69 Å². The number of benzene rings is 2. The van der Waals surface area contributed by atoms with E-state index in [1.807, 2.05) is 42.5 Å². The molecule has 1 N–H and O–H groups in total. The largest absolute Gasteiger partial charge is 0.325 e. The van der Waals surface area contributed by atoms with Crippen LogP contribution >= 0.6 is 0 Å². The van der Waals surface area contributed by atoms with Crippen LogP contribution in [-0.2, 0) is 26.9 Å². The van der Waals surface area contributed by atoms with Crippen LogP contribution in [0, 0.1) is 0 Å². The molecule has 1 aliphatic carbocycles. The zero-order valence-electron chi connectivity index (χ0n) is 18.0. The second-order valence-electron chi connectivity index (χ2n) is 8.87. The molecule has 1 amide bonds. The van der Waals surface area contributed by atoms with Crippen molar-refractivity contribution in [1.82, 2.24) is 4.90 Å². The molecule has 4 rings (SSSR count). The van der Waals surface area contributed by atoms with Crippen LogP contribution in [0.3, 0.4) is 0 Å². The first-order chi connectivity index (χ1) is 15.0. The Morgan fingerprint density at radius 3 is 2.42 bits per heavy atom. The molecule has 0 aromatic heterocycles. The summed E-state index contributed by atoms with van der Waals surface area (Å²) in [5.41, 5.74) is 2.63. The van der Waals surface area contributed by atoms with Crippen LogP contribution in [0.1, 0.15) is 56.1 Å². The Morgan fingerprint density at radius 2 is 1.65 bits per heavy atom. The fourth-order valence-electron chi connectivity index (χ4n) is 4.87. The van der Waals surface area contributed by atoms with Gasteiger partial charge >= 0.3 is 0 Å². The Morgan fingerprint density at radius 1 is 0.903 bits per heavy atom. The standard InChI is InChI=1S/C25H32N2O3S/c28-25(24-15-8-16-27(24)18-20-9-3-1-4-10-20)26-22-12-7-11-21(17-22)19-31(29,30)23-13-5-2-6-14-23/h1,3-4,7,9-12,17,23-24H,2,5-6,8,13-16,18-19H2,(H,26,28). The lowest BCUT2D eigenvalue weighted by Crippen LogP contribution is -2.39. The van der Waals surface area contributed by atoms with Crippen LogP contribution in [0.2, 0.25) is 0 Å². The van der Waals surface area contributed by atoms with E-state index in [2.05, 4.69) is 22.3 Å². The van der Waals surface area contributed by atoms with Crippen LogP contribution in [-0.4, -0.2) is 37.1 Å². The number of hydrogen-bond donors (Lipinski definition) is 1. The van der Waals surface area contributed by atoms with Gasteiger partial charge in [0.2, 0.25) is 5.91 Å². The highest BCUT2D eigenvalue weighted by molar-refractivity contribution is 7.91. The van der Waals surface area contributed by atoms with Crippen molar-refractivity contribution < 1.29 is 13.2 Å². The number of rotatable bonds is 7. The molecule has 0 spiro atoms. The van der Waals surface area contributed by atoms with Crippen LogP contribution in [0.25, 0.3) is 0 Å². The van der Waals surface area contributed by atoms with Crippen molar-refractivity contribution in [3.05, 3.63) is 65.7 Å². The molecular weight excluding hydrogens is 408 g/mol. The Labute approximate surface area is 185 Å². The lowest BCUT2D eigenvalue weighted by Gasteiger charge is -2.24. The molecule has 0 radical (unpaired) electrons. The summed E-state index contributed by atoms with van der Waals surface area (Å²) in [5.74, 6) is 0.0333. The Kier molecular flexibility index (Phi) is 7.08. The van der Waals surface area contributed by atoms with Gasteiger partial charge in [-0.05, 0) is 55.5 Å². The first-order valence-corrected chi connectivity index (χ1v) is 13.1. The van der Waals surface area contributed by atoms with Crippen molar-refractivity contribution in [3.8, 4) is 0 Å². The minimum absolute atomic E-state index is 0.0132. The zero-order valence-corrected chi connectivity index (χ0v) is 18.8. The van der Waals surface area contributed by atoms with Gasteiger partial charge in [0.05, 0.1) is 17.0 Å². The predicted molar refractivity (Wildman–Crippen MR) is 124 cm³/mol. The van der Waals surface area contributed by atoms with Gasteiger partial charge in [-0.1, -0.05) is 61.7 Å². The summed E-state index contributed by atoms with van der Waals surface area (Å²) < 4.78 is 25.6. The van der Waals surface area contributed by atoms with Gasteiger partial charge in [0, 0.05) is 12.2 Å². The quantitative estimate of drug-likeness (QED) is 0.687. The molecule has 1 atom stereocenters.